The first-order valence-corrected chi connectivity index (χ1v) is 6.64. The molecule has 2 aliphatic rings. The lowest BCUT2D eigenvalue weighted by Crippen LogP contribution is -2.51. The summed E-state index contributed by atoms with van der Waals surface area (Å²) in [5.41, 5.74) is 0. The number of piperidine rings is 2. The molecule has 88 valence electrons. The average Bonchev–Trinajstić information content (AvgIpc) is 2.16. The van der Waals surface area contributed by atoms with Gasteiger partial charge < -0.3 is 10.6 Å². The van der Waals surface area contributed by atoms with Gasteiger partial charge in [0.05, 0.1) is 0 Å². The minimum atomic E-state index is 0.720. The Balaban J connectivity index is 1.91. The van der Waals surface area contributed by atoms with Crippen LogP contribution in [0.5, 0.6) is 0 Å². The van der Waals surface area contributed by atoms with Gasteiger partial charge in [-0.1, -0.05) is 6.92 Å². The Kier molecular flexibility index (Phi) is 3.68. The van der Waals surface area contributed by atoms with E-state index in [1.165, 1.54) is 32.2 Å². The van der Waals surface area contributed by atoms with E-state index in [9.17, 15) is 0 Å². The summed E-state index contributed by atoms with van der Waals surface area (Å²) in [4.78, 5) is 0. The van der Waals surface area contributed by atoms with Crippen LogP contribution < -0.4 is 10.6 Å². The van der Waals surface area contributed by atoms with E-state index in [-0.39, 0.29) is 0 Å². The van der Waals surface area contributed by atoms with Crippen LogP contribution in [0.3, 0.4) is 0 Å². The van der Waals surface area contributed by atoms with Crippen molar-refractivity contribution in [3.8, 4) is 0 Å². The van der Waals surface area contributed by atoms with Crippen molar-refractivity contribution >= 4 is 0 Å². The second kappa shape index (κ2) is 4.84. The van der Waals surface area contributed by atoms with Crippen LogP contribution in [0.4, 0.5) is 0 Å². The van der Waals surface area contributed by atoms with Gasteiger partial charge in [-0.3, -0.25) is 0 Å². The zero-order valence-electron chi connectivity index (χ0n) is 10.4. The van der Waals surface area contributed by atoms with Crippen LogP contribution in [0.2, 0.25) is 0 Å². The first-order valence-electron chi connectivity index (χ1n) is 6.64. The molecule has 2 heterocycles. The van der Waals surface area contributed by atoms with E-state index in [1.54, 1.807) is 0 Å². The molecular weight excluding hydrogens is 184 g/mol. The van der Waals surface area contributed by atoms with Crippen molar-refractivity contribution in [1.82, 2.24) is 10.6 Å². The summed E-state index contributed by atoms with van der Waals surface area (Å²) in [6.45, 7) is 8.29. The third kappa shape index (κ3) is 2.94. The molecule has 15 heavy (non-hydrogen) atoms. The Labute approximate surface area is 94.2 Å². The van der Waals surface area contributed by atoms with Gasteiger partial charge in [0, 0.05) is 18.1 Å². The van der Waals surface area contributed by atoms with E-state index < -0.39 is 0 Å². The van der Waals surface area contributed by atoms with Crippen molar-refractivity contribution in [2.45, 2.75) is 64.6 Å². The van der Waals surface area contributed by atoms with Gasteiger partial charge in [-0.05, 0) is 57.9 Å². The second-order valence-corrected chi connectivity index (χ2v) is 5.89. The van der Waals surface area contributed by atoms with Crippen molar-refractivity contribution in [3.05, 3.63) is 0 Å². The molecule has 0 bridgehead atoms. The van der Waals surface area contributed by atoms with Crippen LogP contribution in [0, 0.1) is 11.8 Å². The third-order valence-electron chi connectivity index (χ3n) is 4.14. The molecule has 2 N–H and O–H groups in total. The fourth-order valence-electron chi connectivity index (χ4n) is 3.50. The highest BCUT2D eigenvalue weighted by atomic mass is 15.0. The smallest absolute Gasteiger partial charge is 0.0101 e. The first kappa shape index (κ1) is 11.4. The van der Waals surface area contributed by atoms with Gasteiger partial charge in [-0.25, -0.2) is 0 Å². The Hall–Kier alpha value is -0.0800. The second-order valence-electron chi connectivity index (χ2n) is 5.89. The van der Waals surface area contributed by atoms with Crippen LogP contribution >= 0.6 is 0 Å². The summed E-state index contributed by atoms with van der Waals surface area (Å²) < 4.78 is 0. The highest BCUT2D eigenvalue weighted by Crippen LogP contribution is 2.29. The van der Waals surface area contributed by atoms with Gasteiger partial charge in [0.15, 0.2) is 0 Å². The lowest BCUT2D eigenvalue weighted by atomic mass is 9.79. The maximum absolute atomic E-state index is 3.81. The summed E-state index contributed by atoms with van der Waals surface area (Å²) in [6, 6.07) is 2.23. The van der Waals surface area contributed by atoms with Gasteiger partial charge in [0.2, 0.25) is 0 Å². The molecule has 2 aliphatic heterocycles. The average molecular weight is 210 g/mol. The molecule has 0 aromatic heterocycles. The van der Waals surface area contributed by atoms with E-state index >= 15 is 0 Å². The highest BCUT2D eigenvalue weighted by Gasteiger charge is 2.31. The van der Waals surface area contributed by atoms with E-state index in [2.05, 4.69) is 31.4 Å². The maximum Gasteiger partial charge on any atom is 0.0101 e. The van der Waals surface area contributed by atoms with E-state index in [0.717, 1.165) is 30.0 Å². The molecule has 0 aliphatic carbocycles. The molecule has 0 aromatic rings. The normalized spacial score (nSPS) is 47.8. The minimum Gasteiger partial charge on any atom is -0.314 e. The summed E-state index contributed by atoms with van der Waals surface area (Å²) in [5.74, 6) is 1.82. The molecule has 0 saturated carbocycles. The van der Waals surface area contributed by atoms with E-state index in [0.29, 0.717) is 0 Å². The zero-order valence-corrected chi connectivity index (χ0v) is 10.4. The third-order valence-corrected chi connectivity index (χ3v) is 4.14. The van der Waals surface area contributed by atoms with Crippen LogP contribution in [-0.4, -0.2) is 24.7 Å². The molecule has 5 atom stereocenters. The molecule has 2 heteroatoms. The molecule has 0 radical (unpaired) electrons. The molecule has 0 spiro atoms. The first-order chi connectivity index (χ1) is 7.15. The molecule has 2 rings (SSSR count). The fourth-order valence-corrected chi connectivity index (χ4v) is 3.50. The van der Waals surface area contributed by atoms with Crippen molar-refractivity contribution in [1.29, 1.82) is 0 Å². The van der Waals surface area contributed by atoms with Crippen LogP contribution in [-0.2, 0) is 0 Å². The van der Waals surface area contributed by atoms with Gasteiger partial charge in [-0.15, -0.1) is 0 Å². The molecular formula is C13H26N2. The summed E-state index contributed by atoms with van der Waals surface area (Å²) in [5, 5.41) is 7.35. The largest absolute Gasteiger partial charge is 0.314 e. The number of hydrogen-bond acceptors (Lipinski definition) is 2. The van der Waals surface area contributed by atoms with E-state index in [4.69, 9.17) is 0 Å². The molecule has 5 unspecified atom stereocenters. The fraction of sp³-hybridized carbons (Fsp3) is 1.00. The van der Waals surface area contributed by atoms with Crippen molar-refractivity contribution in [3.63, 3.8) is 0 Å². The summed E-state index contributed by atoms with van der Waals surface area (Å²) in [7, 11) is 0. The molecule has 0 aromatic carbocycles. The van der Waals surface area contributed by atoms with Crippen LogP contribution in [0.15, 0.2) is 0 Å². The van der Waals surface area contributed by atoms with Gasteiger partial charge in [0.1, 0.15) is 0 Å². The van der Waals surface area contributed by atoms with Crippen LogP contribution in [0.25, 0.3) is 0 Å². The van der Waals surface area contributed by atoms with E-state index in [1.807, 2.05) is 0 Å². The lowest BCUT2D eigenvalue weighted by molar-refractivity contribution is 0.168. The maximum atomic E-state index is 3.81. The van der Waals surface area contributed by atoms with Crippen molar-refractivity contribution in [2.24, 2.45) is 11.8 Å². The predicted molar refractivity (Wildman–Crippen MR) is 65.0 cm³/mol. The predicted octanol–water partition coefficient (Wildman–Crippen LogP) is 2.15. The Morgan fingerprint density at radius 2 is 1.73 bits per heavy atom. The highest BCUT2D eigenvalue weighted by molar-refractivity contribution is 4.89. The monoisotopic (exact) mass is 210 g/mol. The minimum absolute atomic E-state index is 0.720. The standard InChI is InChI=1S/C13H26N2/c1-9-6-11(3)15-13(7-9)12-4-5-14-10(2)8-12/h9-15H,4-8H2,1-3H3. The summed E-state index contributed by atoms with van der Waals surface area (Å²) >= 11 is 0. The Morgan fingerprint density at radius 1 is 0.933 bits per heavy atom. The SMILES string of the molecule is CC1CC(C)NC(C2CCNC(C)C2)C1. The van der Waals surface area contributed by atoms with Gasteiger partial charge >= 0.3 is 0 Å². The van der Waals surface area contributed by atoms with Crippen LogP contribution in [0.1, 0.15) is 46.5 Å². The van der Waals surface area contributed by atoms with Crippen molar-refractivity contribution < 1.29 is 0 Å². The Morgan fingerprint density at radius 3 is 2.40 bits per heavy atom. The number of nitrogens with one attached hydrogen (secondary N) is 2. The number of hydrogen-bond donors (Lipinski definition) is 2. The quantitative estimate of drug-likeness (QED) is 0.693. The van der Waals surface area contributed by atoms with Gasteiger partial charge in [0.25, 0.3) is 0 Å². The molecule has 2 saturated heterocycles. The van der Waals surface area contributed by atoms with Gasteiger partial charge in [-0.2, -0.15) is 0 Å². The number of rotatable bonds is 1. The molecule has 0 amide bonds. The Bertz CT molecular complexity index is 195. The zero-order chi connectivity index (χ0) is 10.8. The summed E-state index contributed by atoms with van der Waals surface area (Å²) in [6.07, 6.45) is 5.47. The molecule has 2 fully saturated rings. The topological polar surface area (TPSA) is 24.1 Å². The molecule has 2 nitrogen and oxygen atoms in total. The van der Waals surface area contributed by atoms with Crippen molar-refractivity contribution in [2.75, 3.05) is 6.54 Å². The lowest BCUT2D eigenvalue weighted by Gasteiger charge is -2.41.